The quantitative estimate of drug-likeness (QED) is 0.589. The molecule has 0 bridgehead atoms. The van der Waals surface area contributed by atoms with Crippen molar-refractivity contribution in [3.05, 3.63) is 59.4 Å². The minimum Gasteiger partial charge on any atom is -0.447 e. The molecule has 1 aliphatic heterocycles. The minimum absolute atomic E-state index is 0.155. The molecule has 4 rings (SSSR count). The van der Waals surface area contributed by atoms with Crippen molar-refractivity contribution in [3.63, 3.8) is 0 Å². The van der Waals surface area contributed by atoms with Crippen LogP contribution >= 0.6 is 11.8 Å². The third kappa shape index (κ3) is 4.41. The molecule has 0 aliphatic carbocycles. The summed E-state index contributed by atoms with van der Waals surface area (Å²) in [5.74, 6) is 0.717. The van der Waals surface area contributed by atoms with Crippen molar-refractivity contribution in [1.82, 2.24) is 14.8 Å². The number of cyclic esters (lactones) is 1. The first-order valence-electron chi connectivity index (χ1n) is 9.89. The molecule has 0 atom stereocenters. The summed E-state index contributed by atoms with van der Waals surface area (Å²) in [4.78, 5) is 26.1. The molecule has 1 aromatic heterocycles. The van der Waals surface area contributed by atoms with E-state index >= 15 is 0 Å². The van der Waals surface area contributed by atoms with Crippen LogP contribution < -0.4 is 10.2 Å². The Morgan fingerprint density at radius 3 is 2.71 bits per heavy atom. The maximum Gasteiger partial charge on any atom is 0.414 e. The lowest BCUT2D eigenvalue weighted by Crippen LogP contribution is -2.25. The molecule has 8 nitrogen and oxygen atoms in total. The zero-order valence-corrected chi connectivity index (χ0v) is 18.4. The number of hydrogen-bond donors (Lipinski definition) is 1. The fraction of sp³-hybridized carbons (Fsp3) is 0.273. The highest BCUT2D eigenvalue weighted by molar-refractivity contribution is 7.99. The zero-order valence-electron chi connectivity index (χ0n) is 17.6. The molecule has 31 heavy (non-hydrogen) atoms. The molecule has 1 fully saturated rings. The molecule has 2 amide bonds. The number of nitrogens with one attached hydrogen (secondary N) is 1. The Morgan fingerprint density at radius 1 is 1.13 bits per heavy atom. The van der Waals surface area contributed by atoms with Crippen molar-refractivity contribution >= 4 is 35.1 Å². The third-order valence-corrected chi connectivity index (χ3v) is 5.89. The maximum absolute atomic E-state index is 12.7. The Balaban J connectivity index is 1.49. The second kappa shape index (κ2) is 8.81. The van der Waals surface area contributed by atoms with E-state index in [-0.39, 0.29) is 11.7 Å². The van der Waals surface area contributed by atoms with Gasteiger partial charge in [0.15, 0.2) is 5.16 Å². The number of benzene rings is 2. The number of ether oxygens (including phenoxy) is 1. The van der Waals surface area contributed by atoms with Crippen LogP contribution in [0, 0.1) is 20.8 Å². The van der Waals surface area contributed by atoms with Gasteiger partial charge >= 0.3 is 6.09 Å². The summed E-state index contributed by atoms with van der Waals surface area (Å²) in [7, 11) is 0. The first-order valence-corrected chi connectivity index (χ1v) is 10.9. The van der Waals surface area contributed by atoms with Gasteiger partial charge in [0.05, 0.1) is 29.4 Å². The Labute approximate surface area is 184 Å². The molecule has 2 aromatic carbocycles. The molecular weight excluding hydrogens is 414 g/mol. The molecule has 3 aromatic rings. The van der Waals surface area contributed by atoms with Crippen LogP contribution in [0.25, 0.3) is 5.69 Å². The van der Waals surface area contributed by atoms with Crippen LogP contribution in [-0.4, -0.2) is 45.7 Å². The van der Waals surface area contributed by atoms with Gasteiger partial charge < -0.3 is 10.1 Å². The zero-order chi connectivity index (χ0) is 22.0. The summed E-state index contributed by atoms with van der Waals surface area (Å²) >= 11 is 1.32. The predicted molar refractivity (Wildman–Crippen MR) is 120 cm³/mol. The van der Waals surface area contributed by atoms with E-state index in [0.29, 0.717) is 29.7 Å². The number of carbonyl (C=O) groups is 2. The van der Waals surface area contributed by atoms with Gasteiger partial charge in [-0.2, -0.15) is 0 Å². The van der Waals surface area contributed by atoms with E-state index < -0.39 is 6.09 Å². The maximum atomic E-state index is 12.7. The Bertz CT molecular complexity index is 1140. The van der Waals surface area contributed by atoms with Crippen molar-refractivity contribution < 1.29 is 14.3 Å². The van der Waals surface area contributed by atoms with E-state index in [1.165, 1.54) is 16.7 Å². The Hall–Kier alpha value is -3.33. The first-order chi connectivity index (χ1) is 14.9. The van der Waals surface area contributed by atoms with E-state index in [1.54, 1.807) is 12.1 Å². The molecular formula is C22H23N5O3S. The van der Waals surface area contributed by atoms with E-state index in [0.717, 1.165) is 22.6 Å². The normalized spacial score (nSPS) is 13.4. The van der Waals surface area contributed by atoms with Gasteiger partial charge in [-0.25, -0.2) is 4.79 Å². The molecule has 0 spiro atoms. The monoisotopic (exact) mass is 437 g/mol. The molecule has 9 heteroatoms. The van der Waals surface area contributed by atoms with Crippen molar-refractivity contribution in [3.8, 4) is 5.69 Å². The van der Waals surface area contributed by atoms with Crippen LogP contribution in [0.4, 0.5) is 16.2 Å². The first kappa shape index (κ1) is 20.9. The van der Waals surface area contributed by atoms with Gasteiger partial charge in [0.25, 0.3) is 0 Å². The summed E-state index contributed by atoms with van der Waals surface area (Å²) in [5, 5.41) is 12.0. The topological polar surface area (TPSA) is 89.3 Å². The van der Waals surface area contributed by atoms with E-state index in [1.807, 2.05) is 37.5 Å². The van der Waals surface area contributed by atoms with Crippen molar-refractivity contribution in [2.75, 3.05) is 29.1 Å². The van der Waals surface area contributed by atoms with Crippen LogP contribution in [-0.2, 0) is 9.53 Å². The van der Waals surface area contributed by atoms with Crippen LogP contribution in [0.1, 0.15) is 17.0 Å². The molecule has 0 unspecified atom stereocenters. The molecule has 0 radical (unpaired) electrons. The largest absolute Gasteiger partial charge is 0.447 e. The van der Waals surface area contributed by atoms with E-state index in [2.05, 4.69) is 33.7 Å². The lowest BCUT2D eigenvalue weighted by Gasteiger charge is -2.17. The number of thioether (sulfide) groups is 1. The number of hydrogen-bond acceptors (Lipinski definition) is 6. The second-order valence-corrected chi connectivity index (χ2v) is 8.22. The van der Waals surface area contributed by atoms with Gasteiger partial charge in [0, 0.05) is 0 Å². The molecule has 1 N–H and O–H groups in total. The van der Waals surface area contributed by atoms with Crippen LogP contribution in [0.5, 0.6) is 0 Å². The average molecular weight is 438 g/mol. The number of rotatable bonds is 6. The number of anilines is 2. The second-order valence-electron chi connectivity index (χ2n) is 7.28. The highest BCUT2D eigenvalue weighted by atomic mass is 32.2. The SMILES string of the molecule is Cc1ccc(C)c(-n2c(C)nnc2SCC(=O)Nc2ccccc2N2CCOC2=O)c1. The highest BCUT2D eigenvalue weighted by Crippen LogP contribution is 2.29. The number of aryl methyl sites for hydroxylation is 3. The lowest BCUT2D eigenvalue weighted by atomic mass is 10.1. The highest BCUT2D eigenvalue weighted by Gasteiger charge is 2.26. The molecule has 1 saturated heterocycles. The average Bonchev–Trinajstić information content (AvgIpc) is 3.34. The third-order valence-electron chi connectivity index (χ3n) is 4.96. The van der Waals surface area contributed by atoms with Gasteiger partial charge in [-0.15, -0.1) is 10.2 Å². The van der Waals surface area contributed by atoms with Gasteiger partial charge in [-0.3, -0.25) is 14.3 Å². The van der Waals surface area contributed by atoms with Gasteiger partial charge in [0.1, 0.15) is 12.4 Å². The van der Waals surface area contributed by atoms with Gasteiger partial charge in [-0.1, -0.05) is 36.0 Å². The van der Waals surface area contributed by atoms with Crippen molar-refractivity contribution in [2.24, 2.45) is 0 Å². The fourth-order valence-electron chi connectivity index (χ4n) is 3.42. The van der Waals surface area contributed by atoms with Crippen molar-refractivity contribution in [2.45, 2.75) is 25.9 Å². The standard InChI is InChI=1S/C22H23N5O3S/c1-14-8-9-15(2)19(12-14)27-16(3)24-25-21(27)31-13-20(28)23-17-6-4-5-7-18(17)26-10-11-30-22(26)29/h4-9,12H,10-11,13H2,1-3H3,(H,23,28). The molecule has 160 valence electrons. The number of amides is 2. The Kier molecular flexibility index (Phi) is 5.94. The summed E-state index contributed by atoms with van der Waals surface area (Å²) in [6.07, 6.45) is -0.409. The lowest BCUT2D eigenvalue weighted by molar-refractivity contribution is -0.113. The Morgan fingerprint density at radius 2 is 1.94 bits per heavy atom. The summed E-state index contributed by atoms with van der Waals surface area (Å²) in [5.41, 5.74) is 4.44. The number of carbonyl (C=O) groups excluding carboxylic acids is 2. The van der Waals surface area contributed by atoms with E-state index in [4.69, 9.17) is 4.74 Å². The molecule has 2 heterocycles. The summed E-state index contributed by atoms with van der Waals surface area (Å²) in [6.45, 7) is 6.76. The minimum atomic E-state index is -0.409. The molecule has 0 saturated carbocycles. The summed E-state index contributed by atoms with van der Waals surface area (Å²) < 4.78 is 6.98. The van der Waals surface area contributed by atoms with Gasteiger partial charge in [-0.05, 0) is 50.1 Å². The number of para-hydroxylation sites is 2. The van der Waals surface area contributed by atoms with Crippen LogP contribution in [0.2, 0.25) is 0 Å². The van der Waals surface area contributed by atoms with Crippen LogP contribution in [0.3, 0.4) is 0 Å². The predicted octanol–water partition coefficient (Wildman–Crippen LogP) is 3.88. The van der Waals surface area contributed by atoms with Crippen LogP contribution in [0.15, 0.2) is 47.6 Å². The fourth-order valence-corrected chi connectivity index (χ4v) is 4.21. The number of nitrogens with zero attached hydrogens (tertiary/aromatic N) is 4. The molecule has 1 aliphatic rings. The van der Waals surface area contributed by atoms with Crippen molar-refractivity contribution in [1.29, 1.82) is 0 Å². The smallest absolute Gasteiger partial charge is 0.414 e. The number of aromatic nitrogens is 3. The summed E-state index contributed by atoms with van der Waals surface area (Å²) in [6, 6.07) is 13.4. The van der Waals surface area contributed by atoms with Gasteiger partial charge in [0.2, 0.25) is 5.91 Å². The van der Waals surface area contributed by atoms with E-state index in [9.17, 15) is 9.59 Å².